The van der Waals surface area contributed by atoms with Crippen LogP contribution in [0.5, 0.6) is 5.75 Å². The predicted octanol–water partition coefficient (Wildman–Crippen LogP) is 4.68. The number of amides is 1. The molecule has 0 fully saturated rings. The predicted molar refractivity (Wildman–Crippen MR) is 133 cm³/mol. The molecule has 2 aromatic rings. The zero-order chi connectivity index (χ0) is 24.1. The normalized spacial score (nSPS) is 11.6. The number of allylic oxidation sites excluding steroid dienone is 1. The number of likely N-dealkylation sites (N-methyl/N-ethyl adjacent to an activating group) is 2. The van der Waals surface area contributed by atoms with Crippen LogP contribution in [0.2, 0.25) is 0 Å². The molecule has 0 aliphatic carbocycles. The lowest BCUT2D eigenvalue weighted by Crippen LogP contribution is -2.37. The summed E-state index contributed by atoms with van der Waals surface area (Å²) in [6, 6.07) is 14.0. The van der Waals surface area contributed by atoms with Crippen LogP contribution in [0.25, 0.3) is 10.8 Å². The van der Waals surface area contributed by atoms with Crippen molar-refractivity contribution in [1.82, 2.24) is 9.80 Å². The Hall–Kier alpha value is -2.86. The third-order valence-electron chi connectivity index (χ3n) is 5.85. The molecule has 180 valence electrons. The van der Waals surface area contributed by atoms with Crippen LogP contribution in [-0.4, -0.2) is 68.6 Å². The molecule has 0 atom stereocenters. The summed E-state index contributed by atoms with van der Waals surface area (Å²) < 4.78 is 10.8. The highest BCUT2D eigenvalue weighted by Crippen LogP contribution is 2.25. The van der Waals surface area contributed by atoms with Crippen molar-refractivity contribution in [1.29, 1.82) is 0 Å². The Balaban J connectivity index is 2.07. The molecule has 0 saturated heterocycles. The van der Waals surface area contributed by atoms with Crippen LogP contribution >= 0.6 is 0 Å². The number of unbranched alkanes of at least 4 members (excludes halogenated alkanes) is 2. The molecule has 33 heavy (non-hydrogen) atoms. The molecule has 6 heteroatoms. The fourth-order valence-corrected chi connectivity index (χ4v) is 3.66. The Morgan fingerprint density at radius 3 is 2.42 bits per heavy atom. The van der Waals surface area contributed by atoms with Crippen LogP contribution in [0.1, 0.15) is 39.5 Å². The molecule has 0 spiro atoms. The molecule has 0 aliphatic rings. The number of ether oxygens (including phenoxy) is 2. The molecule has 1 amide bonds. The molecule has 0 heterocycles. The maximum absolute atomic E-state index is 13.2. The van der Waals surface area contributed by atoms with E-state index in [0.717, 1.165) is 49.0 Å². The third kappa shape index (κ3) is 8.54. The summed E-state index contributed by atoms with van der Waals surface area (Å²) in [5.41, 5.74) is 0.642. The van der Waals surface area contributed by atoms with Gasteiger partial charge in [0.05, 0.1) is 12.7 Å². The van der Waals surface area contributed by atoms with Crippen molar-refractivity contribution >= 4 is 22.6 Å². The number of fused-ring (bicyclic) bond motifs is 1. The average Bonchev–Trinajstić information content (AvgIpc) is 2.85. The second kappa shape index (κ2) is 14.3. The first-order valence-corrected chi connectivity index (χ1v) is 11.8. The van der Waals surface area contributed by atoms with E-state index in [2.05, 4.69) is 18.7 Å². The Labute approximate surface area is 198 Å². The van der Waals surface area contributed by atoms with Gasteiger partial charge in [-0.25, -0.2) is 0 Å². The van der Waals surface area contributed by atoms with Crippen molar-refractivity contribution in [3.05, 3.63) is 54.1 Å². The highest BCUT2D eigenvalue weighted by molar-refractivity contribution is 5.94. The minimum Gasteiger partial charge on any atom is -0.488 e. The summed E-state index contributed by atoms with van der Waals surface area (Å²) in [4.78, 5) is 28.6. The highest BCUT2D eigenvalue weighted by atomic mass is 16.5. The van der Waals surface area contributed by atoms with Crippen molar-refractivity contribution in [2.75, 3.05) is 46.9 Å². The van der Waals surface area contributed by atoms with Gasteiger partial charge in [0.1, 0.15) is 12.4 Å². The summed E-state index contributed by atoms with van der Waals surface area (Å²) in [5.74, 6) is 0.546. The topological polar surface area (TPSA) is 59.1 Å². The molecule has 0 N–H and O–H groups in total. The van der Waals surface area contributed by atoms with Crippen LogP contribution in [0.3, 0.4) is 0 Å². The minimum atomic E-state index is -0.203. The second-order valence-electron chi connectivity index (χ2n) is 8.07. The summed E-state index contributed by atoms with van der Waals surface area (Å²) in [5, 5.41) is 2.13. The summed E-state index contributed by atoms with van der Waals surface area (Å²) in [6.07, 6.45) is 4.60. The van der Waals surface area contributed by atoms with Crippen molar-refractivity contribution in [2.45, 2.75) is 39.5 Å². The van der Waals surface area contributed by atoms with E-state index < -0.39 is 0 Å². The quantitative estimate of drug-likeness (QED) is 0.236. The Morgan fingerprint density at radius 2 is 1.70 bits per heavy atom. The number of methoxy groups -OCH3 is 1. The lowest BCUT2D eigenvalue weighted by atomic mass is 10.1. The second-order valence-corrected chi connectivity index (χ2v) is 8.07. The van der Waals surface area contributed by atoms with E-state index in [1.165, 1.54) is 7.11 Å². The number of hydrogen-bond acceptors (Lipinski definition) is 5. The number of benzene rings is 2. The first kappa shape index (κ1) is 26.4. The van der Waals surface area contributed by atoms with Crippen molar-refractivity contribution in [3.63, 3.8) is 0 Å². The van der Waals surface area contributed by atoms with Crippen LogP contribution in [-0.2, 0) is 14.3 Å². The van der Waals surface area contributed by atoms with E-state index in [4.69, 9.17) is 9.47 Å². The van der Waals surface area contributed by atoms with Gasteiger partial charge in [0.15, 0.2) is 0 Å². The number of esters is 1. The van der Waals surface area contributed by atoms with Crippen molar-refractivity contribution < 1.29 is 19.1 Å². The molecular weight excluding hydrogens is 416 g/mol. The van der Waals surface area contributed by atoms with Crippen LogP contribution in [0.4, 0.5) is 0 Å². The van der Waals surface area contributed by atoms with Crippen molar-refractivity contribution in [3.8, 4) is 5.75 Å². The Bertz CT molecular complexity index is 916. The van der Waals surface area contributed by atoms with Gasteiger partial charge in [-0.05, 0) is 43.8 Å². The molecule has 0 radical (unpaired) electrons. The molecule has 0 aliphatic heterocycles. The number of hydrogen-bond donors (Lipinski definition) is 0. The van der Waals surface area contributed by atoms with Gasteiger partial charge < -0.3 is 19.3 Å². The minimum absolute atomic E-state index is 0.0182. The molecule has 2 rings (SSSR count). The Morgan fingerprint density at radius 1 is 0.970 bits per heavy atom. The first-order valence-electron chi connectivity index (χ1n) is 11.8. The lowest BCUT2D eigenvalue weighted by molar-refractivity contribution is -0.140. The molecule has 0 saturated carbocycles. The summed E-state index contributed by atoms with van der Waals surface area (Å²) in [6.45, 7) is 7.89. The highest BCUT2D eigenvalue weighted by Gasteiger charge is 2.16. The van der Waals surface area contributed by atoms with E-state index in [9.17, 15) is 9.59 Å². The van der Waals surface area contributed by atoms with Gasteiger partial charge >= 0.3 is 5.97 Å². The largest absolute Gasteiger partial charge is 0.488 e. The molecular formula is C27H38N2O4. The van der Waals surface area contributed by atoms with Gasteiger partial charge in [-0.15, -0.1) is 0 Å². The van der Waals surface area contributed by atoms with E-state index >= 15 is 0 Å². The van der Waals surface area contributed by atoms with Gasteiger partial charge in [-0.1, -0.05) is 56.3 Å². The summed E-state index contributed by atoms with van der Waals surface area (Å²) in [7, 11) is 3.24. The smallest absolute Gasteiger partial charge is 0.305 e. The first-order chi connectivity index (χ1) is 16.0. The van der Waals surface area contributed by atoms with Crippen LogP contribution in [0.15, 0.2) is 54.1 Å². The fraction of sp³-hybridized carbons (Fsp3) is 0.481. The number of rotatable bonds is 14. The average molecular weight is 455 g/mol. The molecule has 6 nitrogen and oxygen atoms in total. The van der Waals surface area contributed by atoms with Gasteiger partial charge in [0.2, 0.25) is 0 Å². The maximum Gasteiger partial charge on any atom is 0.305 e. The van der Waals surface area contributed by atoms with Crippen LogP contribution < -0.4 is 4.74 Å². The lowest BCUT2D eigenvalue weighted by Gasteiger charge is -2.24. The fourth-order valence-electron chi connectivity index (χ4n) is 3.66. The van der Waals surface area contributed by atoms with Crippen molar-refractivity contribution in [2.24, 2.45) is 0 Å². The molecule has 0 unspecified atom stereocenters. The maximum atomic E-state index is 13.2. The number of carbonyl (C=O) groups is 2. The van der Waals surface area contributed by atoms with Gasteiger partial charge in [-0.2, -0.15) is 0 Å². The van der Waals surface area contributed by atoms with E-state index in [0.29, 0.717) is 25.0 Å². The SMILES string of the molecule is CCN(CC)CCN(C)C(=O)/C(=C/CCCCC(=O)OC)COc1cccc2ccccc12. The Kier molecular flexibility index (Phi) is 11.5. The number of nitrogens with zero attached hydrogens (tertiary/aromatic N) is 2. The monoisotopic (exact) mass is 454 g/mol. The summed E-state index contributed by atoms with van der Waals surface area (Å²) >= 11 is 0. The van der Waals surface area contributed by atoms with E-state index in [1.807, 2.05) is 55.6 Å². The zero-order valence-corrected chi connectivity index (χ0v) is 20.5. The molecule has 0 bridgehead atoms. The van der Waals surface area contributed by atoms with Gasteiger partial charge in [-0.3, -0.25) is 9.59 Å². The zero-order valence-electron chi connectivity index (χ0n) is 20.5. The van der Waals surface area contributed by atoms with E-state index in [-0.39, 0.29) is 18.5 Å². The number of carbonyl (C=O) groups excluding carboxylic acids is 2. The standard InChI is InChI=1S/C27H38N2O4/c1-5-29(6-2)20-19-28(3)27(31)23(14-8-7-9-18-26(30)32-4)21-33-25-17-12-15-22-13-10-11-16-24(22)25/h10-17H,5-9,18-21H2,1-4H3/b23-14+. The third-order valence-corrected chi connectivity index (χ3v) is 5.85. The molecule has 2 aromatic carbocycles. The van der Waals surface area contributed by atoms with Gasteiger partial charge in [0.25, 0.3) is 5.91 Å². The van der Waals surface area contributed by atoms with E-state index in [1.54, 1.807) is 4.90 Å². The van der Waals surface area contributed by atoms with Gasteiger partial charge in [0, 0.05) is 31.9 Å². The molecule has 0 aromatic heterocycles. The van der Waals surface area contributed by atoms with Crippen LogP contribution in [0, 0.1) is 0 Å².